The lowest BCUT2D eigenvalue weighted by Gasteiger charge is -2.25. The van der Waals surface area contributed by atoms with Gasteiger partial charge in [0.25, 0.3) is 5.96 Å². The van der Waals surface area contributed by atoms with Gasteiger partial charge in [-0.3, -0.25) is 9.48 Å². The molecule has 19 heavy (non-hydrogen) atoms. The second-order valence-corrected chi connectivity index (χ2v) is 7.24. The Hall–Kier alpha value is -1.26. The first-order valence-electron chi connectivity index (χ1n) is 6.68. The molecule has 0 fully saturated rings. The number of guanidine groups is 2. The third-order valence-electron chi connectivity index (χ3n) is 2.02. The van der Waals surface area contributed by atoms with Gasteiger partial charge in [-0.1, -0.05) is 0 Å². The maximum absolute atomic E-state index is 4.72. The summed E-state index contributed by atoms with van der Waals surface area (Å²) in [6.07, 6.45) is 0. The fourth-order valence-corrected chi connectivity index (χ4v) is 1.51. The van der Waals surface area contributed by atoms with Gasteiger partial charge >= 0.3 is 5.96 Å². The van der Waals surface area contributed by atoms with E-state index < -0.39 is 0 Å². The maximum Gasteiger partial charge on any atom is 0.354 e. The Labute approximate surface area is 118 Å². The van der Waals surface area contributed by atoms with Crippen LogP contribution in [0.25, 0.3) is 0 Å². The van der Waals surface area contributed by atoms with Crippen molar-refractivity contribution < 1.29 is 4.58 Å². The number of nitrogens with zero attached hydrogens (tertiary/aromatic N) is 3. The van der Waals surface area contributed by atoms with Crippen LogP contribution in [0.4, 0.5) is 0 Å². The van der Waals surface area contributed by atoms with Crippen LogP contribution in [0.3, 0.4) is 0 Å². The summed E-state index contributed by atoms with van der Waals surface area (Å²) in [6.45, 7) is 12.6. The van der Waals surface area contributed by atoms with Crippen LogP contribution in [-0.4, -0.2) is 60.7 Å². The second kappa shape index (κ2) is 6.26. The summed E-state index contributed by atoms with van der Waals surface area (Å²) in [5, 5.41) is 6.79. The van der Waals surface area contributed by atoms with Crippen molar-refractivity contribution in [2.75, 3.05) is 28.2 Å². The van der Waals surface area contributed by atoms with Crippen molar-refractivity contribution in [2.45, 2.75) is 52.6 Å². The molecule has 0 radical (unpaired) electrons. The summed E-state index contributed by atoms with van der Waals surface area (Å²) in [5.74, 6) is 1.78. The highest BCUT2D eigenvalue weighted by Crippen LogP contribution is 2.07. The van der Waals surface area contributed by atoms with Gasteiger partial charge in [0, 0.05) is 5.54 Å². The lowest BCUT2D eigenvalue weighted by Crippen LogP contribution is -2.54. The van der Waals surface area contributed by atoms with Crippen LogP contribution in [0.15, 0.2) is 4.99 Å². The van der Waals surface area contributed by atoms with Gasteiger partial charge in [0.2, 0.25) is 0 Å². The Morgan fingerprint density at radius 3 is 1.74 bits per heavy atom. The Bertz CT molecular complexity index is 349. The molecule has 0 amide bonds. The van der Waals surface area contributed by atoms with Crippen molar-refractivity contribution >= 4 is 11.9 Å². The highest BCUT2D eigenvalue weighted by Gasteiger charge is 2.22. The molecule has 0 saturated heterocycles. The number of nitrogens with one attached hydrogen (secondary N) is 2. The quantitative estimate of drug-likeness (QED) is 0.396. The first-order chi connectivity index (χ1) is 8.32. The Balaban J connectivity index is 5.30. The van der Waals surface area contributed by atoms with E-state index in [1.165, 1.54) is 0 Å². The van der Waals surface area contributed by atoms with Crippen molar-refractivity contribution in [3.63, 3.8) is 0 Å². The third-order valence-corrected chi connectivity index (χ3v) is 2.02. The summed E-state index contributed by atoms with van der Waals surface area (Å²) in [4.78, 5) is 6.75. The molecule has 0 aliphatic heterocycles. The van der Waals surface area contributed by atoms with E-state index in [9.17, 15) is 0 Å². The van der Waals surface area contributed by atoms with E-state index in [4.69, 9.17) is 4.99 Å². The minimum atomic E-state index is -0.135. The summed E-state index contributed by atoms with van der Waals surface area (Å²) < 4.78 is 2.03. The fourth-order valence-electron chi connectivity index (χ4n) is 1.51. The molecule has 0 rings (SSSR count). The van der Waals surface area contributed by atoms with E-state index in [0.717, 1.165) is 11.9 Å². The van der Waals surface area contributed by atoms with Gasteiger partial charge in [-0.15, -0.1) is 0 Å². The molecule has 5 heteroatoms. The van der Waals surface area contributed by atoms with Gasteiger partial charge in [0.05, 0.1) is 33.7 Å². The Kier molecular flexibility index (Phi) is 5.84. The summed E-state index contributed by atoms with van der Waals surface area (Å²) in [5.41, 5.74) is -0.175. The average Bonchev–Trinajstić information content (AvgIpc) is 2.07. The molecule has 0 heterocycles. The molecule has 2 N–H and O–H groups in total. The second-order valence-electron chi connectivity index (χ2n) is 7.24. The molecule has 5 nitrogen and oxygen atoms in total. The molecule has 0 bridgehead atoms. The summed E-state index contributed by atoms with van der Waals surface area (Å²) >= 11 is 0. The predicted molar refractivity (Wildman–Crippen MR) is 84.0 cm³/mol. The molecule has 0 saturated carbocycles. The van der Waals surface area contributed by atoms with Gasteiger partial charge in [-0.2, -0.15) is 0 Å². The number of hydrogen-bond acceptors (Lipinski definition) is 1. The molecule has 0 aliphatic rings. The van der Waals surface area contributed by atoms with Gasteiger partial charge < -0.3 is 5.32 Å². The van der Waals surface area contributed by atoms with Gasteiger partial charge in [0.1, 0.15) is 0 Å². The monoisotopic (exact) mass is 270 g/mol. The largest absolute Gasteiger partial charge is 0.354 e. The van der Waals surface area contributed by atoms with Crippen molar-refractivity contribution in [1.29, 1.82) is 0 Å². The minimum absolute atomic E-state index is 0.0409. The topological polar surface area (TPSA) is 42.7 Å². The standard InChI is InChI=1S/C14H31N5/c1-13(2,3)16-11(17-14(4,5)6)15-12(18(7)8)19(9)10/h1-10H3,(H,16,17)/p+1. The van der Waals surface area contributed by atoms with Crippen molar-refractivity contribution in [1.82, 2.24) is 15.5 Å². The van der Waals surface area contributed by atoms with Gasteiger partial charge in [-0.05, 0) is 41.5 Å². The molecule has 0 aromatic rings. The maximum atomic E-state index is 4.72. The molecule has 0 spiro atoms. The normalized spacial score (nSPS) is 13.1. The molecule has 0 aromatic carbocycles. The van der Waals surface area contributed by atoms with Gasteiger partial charge in [-0.25, -0.2) is 10.3 Å². The SMILES string of the molecule is CN(C)C(NC(=NC(C)(C)C)NC(C)(C)C)=[N+](C)C. The zero-order valence-electron chi connectivity index (χ0n) is 14.3. The zero-order valence-corrected chi connectivity index (χ0v) is 14.3. The predicted octanol–water partition coefficient (Wildman–Crippen LogP) is 1.31. The number of hydrogen-bond donors (Lipinski definition) is 2. The molecule has 112 valence electrons. The highest BCUT2D eigenvalue weighted by atomic mass is 15.4. The van der Waals surface area contributed by atoms with Crippen LogP contribution in [0.1, 0.15) is 41.5 Å². The minimum Gasteiger partial charge on any atom is -0.339 e. The smallest absolute Gasteiger partial charge is 0.339 e. The molecule has 0 unspecified atom stereocenters. The van der Waals surface area contributed by atoms with E-state index in [1.54, 1.807) is 0 Å². The van der Waals surface area contributed by atoms with Crippen LogP contribution >= 0.6 is 0 Å². The molecular formula is C14H32N5+. The Morgan fingerprint density at radius 1 is 1.00 bits per heavy atom. The Morgan fingerprint density at radius 2 is 1.47 bits per heavy atom. The fraction of sp³-hybridized carbons (Fsp3) is 0.857. The first-order valence-corrected chi connectivity index (χ1v) is 6.68. The van der Waals surface area contributed by atoms with Crippen LogP contribution < -0.4 is 10.6 Å². The highest BCUT2D eigenvalue weighted by molar-refractivity contribution is 5.96. The molecule has 0 aliphatic carbocycles. The third kappa shape index (κ3) is 8.46. The van der Waals surface area contributed by atoms with E-state index in [2.05, 4.69) is 52.2 Å². The van der Waals surface area contributed by atoms with Crippen molar-refractivity contribution in [3.05, 3.63) is 0 Å². The van der Waals surface area contributed by atoms with Crippen molar-refractivity contribution in [3.8, 4) is 0 Å². The average molecular weight is 270 g/mol. The summed E-state index contributed by atoms with van der Waals surface area (Å²) in [7, 11) is 8.03. The van der Waals surface area contributed by atoms with E-state index in [-0.39, 0.29) is 11.1 Å². The molecule has 0 atom stereocenters. The number of rotatable bonds is 0. The lowest BCUT2D eigenvalue weighted by atomic mass is 10.1. The van der Waals surface area contributed by atoms with Gasteiger partial charge in [0.15, 0.2) is 0 Å². The first kappa shape index (κ1) is 17.7. The van der Waals surface area contributed by atoms with Crippen LogP contribution in [-0.2, 0) is 0 Å². The van der Waals surface area contributed by atoms with E-state index >= 15 is 0 Å². The summed E-state index contributed by atoms with van der Waals surface area (Å²) in [6, 6.07) is 0. The lowest BCUT2D eigenvalue weighted by molar-refractivity contribution is -0.471. The molecular weight excluding hydrogens is 238 g/mol. The van der Waals surface area contributed by atoms with Crippen LogP contribution in [0, 0.1) is 0 Å². The molecule has 0 aromatic heterocycles. The zero-order chi connectivity index (χ0) is 15.4. The van der Waals surface area contributed by atoms with Crippen molar-refractivity contribution in [2.24, 2.45) is 4.99 Å². The van der Waals surface area contributed by atoms with Crippen LogP contribution in [0.2, 0.25) is 0 Å². The van der Waals surface area contributed by atoms with E-state index in [1.807, 2.05) is 37.7 Å². The number of aliphatic imine (C=N–C) groups is 1. The van der Waals surface area contributed by atoms with Crippen LogP contribution in [0.5, 0.6) is 0 Å². The van der Waals surface area contributed by atoms with E-state index in [0.29, 0.717) is 0 Å².